The van der Waals surface area contributed by atoms with E-state index in [0.29, 0.717) is 0 Å². The van der Waals surface area contributed by atoms with Gasteiger partial charge in [-0.25, -0.2) is 0 Å². The second kappa shape index (κ2) is 4.99. The molecule has 3 nitrogen and oxygen atoms in total. The van der Waals surface area contributed by atoms with Crippen LogP contribution >= 0.6 is 0 Å². The van der Waals surface area contributed by atoms with E-state index in [-0.39, 0.29) is 6.61 Å². The lowest BCUT2D eigenvalue weighted by atomic mass is 10.8. The minimum atomic E-state index is 0.0476. The smallest absolute Gasteiger partial charge is 0.161 e. The lowest BCUT2D eigenvalue weighted by Crippen LogP contribution is -2.04. The molecular formula is C4H6N2O. The maximum atomic E-state index is 7.84. The summed E-state index contributed by atoms with van der Waals surface area (Å²) < 4.78 is 0. The van der Waals surface area contributed by atoms with Gasteiger partial charge < -0.3 is 0 Å². The molecule has 0 spiro atoms. The van der Waals surface area contributed by atoms with E-state index in [1.54, 1.807) is 6.07 Å². The first-order chi connectivity index (χ1) is 3.41. The zero-order chi connectivity index (χ0) is 5.54. The van der Waals surface area contributed by atoms with Crippen molar-refractivity contribution in [1.82, 2.24) is 5.48 Å². The van der Waals surface area contributed by atoms with Crippen molar-refractivity contribution in [2.75, 3.05) is 6.61 Å². The van der Waals surface area contributed by atoms with E-state index in [2.05, 4.69) is 16.9 Å². The van der Waals surface area contributed by atoms with Crippen LogP contribution in [-0.4, -0.2) is 6.61 Å². The van der Waals surface area contributed by atoms with E-state index in [1.165, 1.54) is 6.20 Å². The molecule has 1 N–H and O–H groups in total. The van der Waals surface area contributed by atoms with E-state index < -0.39 is 0 Å². The fraction of sp³-hybridized carbons (Fsp3) is 0.250. The third kappa shape index (κ3) is 4.99. The molecule has 0 aromatic carbocycles. The predicted molar refractivity (Wildman–Crippen MR) is 24.9 cm³/mol. The lowest BCUT2D eigenvalue weighted by molar-refractivity contribution is 0.0991. The third-order valence-electron chi connectivity index (χ3n) is 0.303. The highest BCUT2D eigenvalue weighted by molar-refractivity contribution is 4.66. The van der Waals surface area contributed by atoms with Gasteiger partial charge in [0.25, 0.3) is 0 Å². The van der Waals surface area contributed by atoms with Crippen LogP contribution in [0.2, 0.25) is 0 Å². The van der Waals surface area contributed by atoms with E-state index in [4.69, 9.17) is 5.26 Å². The highest BCUT2D eigenvalue weighted by atomic mass is 16.6. The maximum Gasteiger partial charge on any atom is 0.161 e. The van der Waals surface area contributed by atoms with E-state index >= 15 is 0 Å². The van der Waals surface area contributed by atoms with Gasteiger partial charge in [0.15, 0.2) is 6.61 Å². The monoisotopic (exact) mass is 98.0 g/mol. The van der Waals surface area contributed by atoms with Crippen LogP contribution in [0.25, 0.3) is 0 Å². The molecule has 0 fully saturated rings. The van der Waals surface area contributed by atoms with E-state index in [0.717, 1.165) is 0 Å². The van der Waals surface area contributed by atoms with Crippen LogP contribution in [0.4, 0.5) is 0 Å². The molecule has 0 aromatic rings. The minimum Gasteiger partial charge on any atom is -0.274 e. The summed E-state index contributed by atoms with van der Waals surface area (Å²) in [6, 6.07) is 1.77. The fourth-order valence-corrected chi connectivity index (χ4v) is 0.133. The first-order valence-electron chi connectivity index (χ1n) is 1.77. The van der Waals surface area contributed by atoms with Crippen molar-refractivity contribution in [3.05, 3.63) is 12.8 Å². The van der Waals surface area contributed by atoms with Gasteiger partial charge in [-0.15, -0.1) is 0 Å². The number of nitrogens with zero attached hydrogens (tertiary/aromatic N) is 1. The summed E-state index contributed by atoms with van der Waals surface area (Å²) in [6.07, 6.45) is 1.36. The molecule has 0 aliphatic carbocycles. The van der Waals surface area contributed by atoms with Crippen molar-refractivity contribution in [2.24, 2.45) is 0 Å². The Kier molecular flexibility index (Phi) is 4.27. The molecule has 0 saturated carbocycles. The SMILES string of the molecule is C=CNOCC#N. The average Bonchev–Trinajstić information content (AvgIpc) is 1.69. The van der Waals surface area contributed by atoms with Gasteiger partial charge in [-0.3, -0.25) is 10.3 Å². The molecule has 38 valence electrons. The quantitative estimate of drug-likeness (QED) is 0.404. The Labute approximate surface area is 42.2 Å². The second-order valence-corrected chi connectivity index (χ2v) is 0.769. The molecule has 0 bridgehead atoms. The largest absolute Gasteiger partial charge is 0.274 e. The van der Waals surface area contributed by atoms with Crippen LogP contribution in [0.1, 0.15) is 0 Å². The molecule has 7 heavy (non-hydrogen) atoms. The van der Waals surface area contributed by atoms with Crippen molar-refractivity contribution in [3.8, 4) is 6.07 Å². The Balaban J connectivity index is 2.72. The number of hydrogen-bond acceptors (Lipinski definition) is 3. The van der Waals surface area contributed by atoms with Gasteiger partial charge in [-0.2, -0.15) is 5.26 Å². The first-order valence-corrected chi connectivity index (χ1v) is 1.77. The molecule has 0 saturated heterocycles. The molecule has 0 amide bonds. The number of nitriles is 1. The van der Waals surface area contributed by atoms with Gasteiger partial charge in [0.05, 0.1) is 6.07 Å². The Bertz CT molecular complexity index is 84.2. The average molecular weight is 98.1 g/mol. The summed E-state index contributed by atoms with van der Waals surface area (Å²) in [5.74, 6) is 0. The summed E-state index contributed by atoms with van der Waals surface area (Å²) in [5.41, 5.74) is 2.29. The standard InChI is InChI=1S/C4H6N2O/c1-2-6-7-4-3-5/h2,6H,1,4H2. The number of nitrogens with one attached hydrogen (secondary N) is 1. The summed E-state index contributed by atoms with van der Waals surface area (Å²) in [7, 11) is 0. The van der Waals surface area contributed by atoms with Crippen molar-refractivity contribution < 1.29 is 4.84 Å². The highest BCUT2D eigenvalue weighted by Crippen LogP contribution is 1.59. The maximum absolute atomic E-state index is 7.84. The zero-order valence-corrected chi connectivity index (χ0v) is 3.85. The predicted octanol–water partition coefficient (Wildman–Crippen LogP) is 0.175. The lowest BCUT2D eigenvalue weighted by Gasteiger charge is -1.90. The Morgan fingerprint density at radius 1 is 2.00 bits per heavy atom. The Morgan fingerprint density at radius 3 is 3.14 bits per heavy atom. The number of rotatable bonds is 3. The summed E-state index contributed by atoms with van der Waals surface area (Å²) in [6.45, 7) is 3.33. The van der Waals surface area contributed by atoms with Crippen molar-refractivity contribution in [1.29, 1.82) is 5.26 Å². The van der Waals surface area contributed by atoms with Gasteiger partial charge in [0.2, 0.25) is 0 Å². The molecule has 0 aliphatic heterocycles. The summed E-state index contributed by atoms with van der Waals surface area (Å²) in [5, 5.41) is 7.84. The molecule has 0 rings (SSSR count). The fourth-order valence-electron chi connectivity index (χ4n) is 0.133. The normalized spacial score (nSPS) is 6.71. The molecule has 3 heteroatoms. The topological polar surface area (TPSA) is 45.0 Å². The van der Waals surface area contributed by atoms with Crippen LogP contribution < -0.4 is 5.48 Å². The van der Waals surface area contributed by atoms with Gasteiger partial charge in [0.1, 0.15) is 0 Å². The van der Waals surface area contributed by atoms with Crippen LogP contribution in [0.15, 0.2) is 12.8 Å². The van der Waals surface area contributed by atoms with Crippen LogP contribution in [0.3, 0.4) is 0 Å². The zero-order valence-electron chi connectivity index (χ0n) is 3.85. The highest BCUT2D eigenvalue weighted by Gasteiger charge is 1.71. The Morgan fingerprint density at radius 2 is 2.71 bits per heavy atom. The summed E-state index contributed by atoms with van der Waals surface area (Å²) >= 11 is 0. The minimum absolute atomic E-state index is 0.0476. The molecule has 0 unspecified atom stereocenters. The Hall–Kier alpha value is -1.01. The first kappa shape index (κ1) is 5.99. The van der Waals surface area contributed by atoms with Crippen LogP contribution in [0.5, 0.6) is 0 Å². The van der Waals surface area contributed by atoms with Crippen LogP contribution in [-0.2, 0) is 4.84 Å². The number of hydrogen-bond donors (Lipinski definition) is 1. The van der Waals surface area contributed by atoms with Crippen LogP contribution in [0, 0.1) is 11.3 Å². The third-order valence-corrected chi connectivity index (χ3v) is 0.303. The van der Waals surface area contributed by atoms with Gasteiger partial charge in [-0.1, -0.05) is 6.58 Å². The molecule has 0 heterocycles. The molecule has 0 atom stereocenters. The summed E-state index contributed by atoms with van der Waals surface area (Å²) in [4.78, 5) is 4.40. The molecule has 0 radical (unpaired) electrons. The molecular weight excluding hydrogens is 92.1 g/mol. The van der Waals surface area contributed by atoms with Gasteiger partial charge >= 0.3 is 0 Å². The number of hydroxylamine groups is 1. The van der Waals surface area contributed by atoms with Gasteiger partial charge in [-0.05, 0) is 0 Å². The van der Waals surface area contributed by atoms with Crippen molar-refractivity contribution >= 4 is 0 Å². The van der Waals surface area contributed by atoms with Crippen molar-refractivity contribution in [2.45, 2.75) is 0 Å². The molecule has 0 aromatic heterocycles. The van der Waals surface area contributed by atoms with E-state index in [9.17, 15) is 0 Å². The van der Waals surface area contributed by atoms with Gasteiger partial charge in [0, 0.05) is 6.20 Å². The van der Waals surface area contributed by atoms with E-state index in [1.807, 2.05) is 0 Å². The second-order valence-electron chi connectivity index (χ2n) is 0.769. The van der Waals surface area contributed by atoms with Crippen molar-refractivity contribution in [3.63, 3.8) is 0 Å². The molecule has 0 aliphatic rings.